The smallest absolute Gasteiger partial charge is 0.364 e. The van der Waals surface area contributed by atoms with Crippen LogP contribution < -0.4 is 31.9 Å². The molecule has 0 radical (unpaired) electrons. The Morgan fingerprint density at radius 1 is 0.331 bits per heavy atom. The largest absolute Gasteiger partial charge is 0.477 e. The van der Waals surface area contributed by atoms with Gasteiger partial charge in [0, 0.05) is 48.0 Å². The van der Waals surface area contributed by atoms with Crippen molar-refractivity contribution >= 4 is 41.4 Å². The number of carboxylic acids is 1. The summed E-state index contributed by atoms with van der Waals surface area (Å²) in [5.74, 6) is -11.4. The Morgan fingerprint density at radius 2 is 0.690 bits per heavy atom. The molecular weight excluding hydrogens is 1980 g/mol. The second kappa shape index (κ2) is 53.2. The normalized spacial score (nSPS) is 44.9. The van der Waals surface area contributed by atoms with Crippen molar-refractivity contribution in [2.75, 3.05) is 72.7 Å². The second-order valence-corrected chi connectivity index (χ2v) is 36.5. The number of amides is 6. The zero-order valence-corrected chi connectivity index (χ0v) is 78.5. The van der Waals surface area contributed by atoms with Gasteiger partial charge in [-0.1, -0.05) is 0 Å². The summed E-state index contributed by atoms with van der Waals surface area (Å²) in [6.07, 6.45) is -107. The summed E-state index contributed by atoms with van der Waals surface area (Å²) < 4.78 is 120. The molecule has 10 saturated heterocycles. The van der Waals surface area contributed by atoms with Gasteiger partial charge in [0.1, 0.15) is 250 Å². The van der Waals surface area contributed by atoms with E-state index in [4.69, 9.17) is 94.7 Å². The van der Waals surface area contributed by atoms with Crippen LogP contribution in [0.1, 0.15) is 54.9 Å². The fourth-order valence-corrected chi connectivity index (χ4v) is 18.4. The van der Waals surface area contributed by atoms with Crippen LogP contribution >= 0.6 is 0 Å². The second-order valence-electron chi connectivity index (χ2n) is 36.5. The number of carboxylic acid groups (broad SMARTS) is 1. The fourth-order valence-electron chi connectivity index (χ4n) is 18.4. The molecule has 10 unspecified atom stereocenters. The first-order chi connectivity index (χ1) is 68.3. The van der Waals surface area contributed by atoms with Gasteiger partial charge < -0.3 is 285 Å². The van der Waals surface area contributed by atoms with Crippen molar-refractivity contribution in [1.29, 1.82) is 0 Å². The van der Waals surface area contributed by atoms with E-state index in [1.807, 2.05) is 0 Å². The maximum atomic E-state index is 13.4. The molecular formula is C81H136N6O58. The number of aliphatic hydroxyl groups excluding tert-OH is 30. The van der Waals surface area contributed by atoms with Crippen LogP contribution in [0.4, 0.5) is 0 Å². The predicted octanol–water partition coefficient (Wildman–Crippen LogP) is -24.2. The molecule has 10 aliphatic rings. The summed E-state index contributed by atoms with van der Waals surface area (Å²) in [4.78, 5) is 91.1. The molecule has 145 heavy (non-hydrogen) atoms. The van der Waals surface area contributed by atoms with Crippen molar-refractivity contribution in [3.63, 3.8) is 0 Å². The first-order valence-corrected chi connectivity index (χ1v) is 46.0. The third-order valence-corrected chi connectivity index (χ3v) is 26.0. The van der Waals surface area contributed by atoms with Gasteiger partial charge in [0.15, 0.2) is 56.6 Å². The van der Waals surface area contributed by atoms with Gasteiger partial charge in [0.05, 0.1) is 97.0 Å². The number of rotatable bonds is 43. The molecule has 0 aliphatic carbocycles. The molecule has 10 heterocycles. The van der Waals surface area contributed by atoms with Crippen molar-refractivity contribution in [3.8, 4) is 0 Å². The van der Waals surface area contributed by atoms with Crippen LogP contribution in [0.15, 0.2) is 0 Å². The quantitative estimate of drug-likeness (QED) is 0.0270. The van der Waals surface area contributed by atoms with Gasteiger partial charge in [-0.15, -0.1) is 0 Å². The van der Waals surface area contributed by atoms with Gasteiger partial charge >= 0.3 is 5.97 Å². The Hall–Kier alpha value is -5.71. The highest BCUT2D eigenvalue weighted by atomic mass is 16.8. The Kier molecular flexibility index (Phi) is 44.5. The van der Waals surface area contributed by atoms with E-state index in [-0.39, 0.29) is 0 Å². The number of aliphatic hydroxyl groups is 30. The summed E-state index contributed by atoms with van der Waals surface area (Å²) in [7, 11) is 0. The number of nitrogens with one attached hydrogen (secondary N) is 6. The lowest BCUT2D eigenvalue weighted by atomic mass is 9.88. The summed E-state index contributed by atoms with van der Waals surface area (Å²) in [5, 5.41) is 364. The molecule has 0 aromatic heterocycles. The molecule has 0 aromatic carbocycles. The van der Waals surface area contributed by atoms with Gasteiger partial charge in [-0.2, -0.15) is 0 Å². The molecule has 55 atom stereocenters. The monoisotopic (exact) mass is 2120 g/mol. The number of carbonyl (C=O) groups excluding carboxylic acids is 6. The van der Waals surface area contributed by atoms with Crippen molar-refractivity contribution in [3.05, 3.63) is 0 Å². The summed E-state index contributed by atoms with van der Waals surface area (Å²) in [5.41, 5.74) is 0. The van der Waals surface area contributed by atoms with Gasteiger partial charge in [-0.25, -0.2) is 4.79 Å². The molecule has 838 valence electrons. The molecule has 10 rings (SSSR count). The minimum Gasteiger partial charge on any atom is -0.477 e. The zero-order valence-electron chi connectivity index (χ0n) is 78.5. The SMILES string of the molecule is CC(=O)N[C@H]1[C@H]([C@H](O)[C@H](O)CO)OC(O[C@@H]2[C@H](O)[C@@H](NC(C)=O)C(O[C@H]3[C@H](O)[C@@H](NC(C)=O)C(O[C@@H]4C(O[C@H]5[C@H](O)[C@@H](COC6O[C@H](CO)[C@@H](O)[C@H](O)[C@@H]6OC6O[C@H](CO)[C@@H](OC7O[C@H](CO)[C@H](O)[C@H](O)[C@H]7O)[C@H](O)[C@H]6NC(C)=O)OC(O[C@H]6[C@H](O)[C@@H](NC(C)=O)C(O[C@@H]([C@H](O)[C@H](CO)NC(C)=O)[C@H](O)COC7O[C@@H](C)[C@@H](O)[C@@H](O)[C@@H]7O)O[C@@H]6CO)[C@H]5O)O[C@H](CO)[C@@H](O)[C@@H]4O)O[C@@H]3CO)O[C@@H]2CO)(C(=O)O)C[C@@H]1O. The average Bonchev–Trinajstić information content (AvgIpc) is 0.764. The highest BCUT2D eigenvalue weighted by molar-refractivity contribution is 5.77. The van der Waals surface area contributed by atoms with E-state index in [0.29, 0.717) is 0 Å². The molecule has 10 aliphatic heterocycles. The number of ether oxygens (including phenoxy) is 20. The number of hydrogen-bond donors (Lipinski definition) is 37. The molecule has 10 fully saturated rings. The van der Waals surface area contributed by atoms with Crippen molar-refractivity contribution < 1.29 is 287 Å². The molecule has 64 nitrogen and oxygen atoms in total. The Morgan fingerprint density at radius 3 is 1.12 bits per heavy atom. The van der Waals surface area contributed by atoms with E-state index in [9.17, 15) is 192 Å². The van der Waals surface area contributed by atoms with E-state index < -0.39 is 457 Å². The Labute approximate surface area is 821 Å². The van der Waals surface area contributed by atoms with Crippen LogP contribution in [0.25, 0.3) is 0 Å². The molecule has 0 saturated carbocycles. The summed E-state index contributed by atoms with van der Waals surface area (Å²) in [6, 6.07) is -12.0. The minimum absolute atomic E-state index is 0.845. The van der Waals surface area contributed by atoms with E-state index in [1.54, 1.807) is 0 Å². The number of aliphatic carboxylic acids is 1. The summed E-state index contributed by atoms with van der Waals surface area (Å²) >= 11 is 0. The van der Waals surface area contributed by atoms with E-state index in [1.165, 1.54) is 6.92 Å². The lowest BCUT2D eigenvalue weighted by molar-refractivity contribution is -0.398. The van der Waals surface area contributed by atoms with Crippen LogP contribution in [0.2, 0.25) is 0 Å². The van der Waals surface area contributed by atoms with E-state index >= 15 is 0 Å². The minimum atomic E-state index is -3.28. The number of hydrogen-bond acceptors (Lipinski definition) is 57. The van der Waals surface area contributed by atoms with Crippen LogP contribution in [0, 0.1) is 0 Å². The first kappa shape index (κ1) is 121. The van der Waals surface area contributed by atoms with Crippen molar-refractivity contribution in [2.45, 2.75) is 392 Å². The van der Waals surface area contributed by atoms with E-state index in [0.717, 1.165) is 41.5 Å². The highest BCUT2D eigenvalue weighted by Gasteiger charge is 2.65. The van der Waals surface area contributed by atoms with Gasteiger partial charge in [0.25, 0.3) is 5.79 Å². The molecule has 64 heteroatoms. The van der Waals surface area contributed by atoms with E-state index in [2.05, 4.69) is 31.9 Å². The Balaban J connectivity index is 0.992. The third kappa shape index (κ3) is 27.9. The highest BCUT2D eigenvalue weighted by Crippen LogP contribution is 2.43. The maximum Gasteiger partial charge on any atom is 0.364 e. The molecule has 0 aromatic rings. The lowest BCUT2D eigenvalue weighted by Crippen LogP contribution is -2.72. The first-order valence-electron chi connectivity index (χ1n) is 46.0. The molecule has 6 amide bonds. The van der Waals surface area contributed by atoms with Gasteiger partial charge in [0.2, 0.25) is 35.4 Å². The van der Waals surface area contributed by atoms with Crippen LogP contribution in [0.5, 0.6) is 0 Å². The Bertz CT molecular complexity index is 4090. The van der Waals surface area contributed by atoms with Crippen molar-refractivity contribution in [2.24, 2.45) is 0 Å². The molecule has 37 N–H and O–H groups in total. The lowest BCUT2D eigenvalue weighted by Gasteiger charge is -2.52. The van der Waals surface area contributed by atoms with Gasteiger partial charge in [-0.3, -0.25) is 28.8 Å². The van der Waals surface area contributed by atoms with Crippen molar-refractivity contribution in [1.82, 2.24) is 31.9 Å². The average molecular weight is 2120 g/mol. The van der Waals surface area contributed by atoms with Crippen LogP contribution in [-0.2, 0) is 128 Å². The topological polar surface area (TPSA) is 1000 Å². The maximum absolute atomic E-state index is 13.4. The van der Waals surface area contributed by atoms with Crippen LogP contribution in [0.3, 0.4) is 0 Å². The molecule has 0 spiro atoms. The number of carbonyl (C=O) groups is 7. The standard InChI is InChI=1S/C81H136N6O58/c1-20-44(106)55(117)59(121)75(128-20)126-18-30(105)62(45(107)27(9-88)82-21(2)97)137-71-40(84-23(4)99)52(114)65(36(16-95)132-71)140-77-61(123)68(50(112)38(136-77)19-127-78-69(57(119)48(110)32(12-91)130-78)142-73-42(86-25(6)101)53(115)64(35(15-94)134-73)139-76-60(122)56(118)47(109)31(11-90)129-76)141-79-70(58(120)49(111)33(13-92)131-79)143-74-41(85-24(5)100)51(113)63(34(14-93)133-74)138-72-43(87-26(7)102)54(116)66(37(17-96)135-72)144-81(80(124)125)8-28(103)39(83-22(3)98)67(145-81)46(108)29(104)10-89/h20,27-79,88-96,103-123H,8-19H2,1-7H3,(H,82,97)(H,83,98)(H,84,99)(H,85,100)(H,86,101)(H,87,102)(H,124,125)/t20-,27-,28-,29+,30+,31+,32+,33+,34+,35+,36+,37+,38+,39+,40+,41+,42+,43+,44+,45+,46+,47-,48+,49+,50+,51+,52+,53+,54+,55+,56-,57-,58-,59-,60+,61-,62+,63+,64+,65+,66-,67+,68-,69-,70-,71?,72?,73?,74?,75?,76?,77?,78?,79?,81?/m0/s1. The van der Waals surface area contributed by atoms with Gasteiger partial charge in [-0.05, 0) is 6.92 Å². The molecule has 0 bridgehead atoms. The summed E-state index contributed by atoms with van der Waals surface area (Å²) in [6.45, 7) is -6.80. The zero-order chi connectivity index (χ0) is 108. The van der Waals surface area contributed by atoms with Crippen LogP contribution in [-0.4, -0.2) is 609 Å². The third-order valence-electron chi connectivity index (χ3n) is 26.0. The predicted molar refractivity (Wildman–Crippen MR) is 450 cm³/mol. The fraction of sp³-hybridized carbons (Fsp3) is 0.914.